The van der Waals surface area contributed by atoms with Gasteiger partial charge < -0.3 is 25.9 Å². The van der Waals surface area contributed by atoms with E-state index in [0.29, 0.717) is 11.3 Å². The summed E-state index contributed by atoms with van der Waals surface area (Å²) in [7, 11) is 3.87. The molecule has 1 aromatic carbocycles. The van der Waals surface area contributed by atoms with Crippen LogP contribution in [-0.2, 0) is 4.79 Å². The Morgan fingerprint density at radius 1 is 1.48 bits per heavy atom. The topological polar surface area (TPSA) is 100 Å². The Morgan fingerprint density at radius 3 is 2.76 bits per heavy atom. The maximum absolute atomic E-state index is 11.8. The summed E-state index contributed by atoms with van der Waals surface area (Å²) in [5.41, 5.74) is 5.99. The summed E-state index contributed by atoms with van der Waals surface area (Å²) in [5.74, 6) is 0.105. The van der Waals surface area contributed by atoms with Gasteiger partial charge in [0.15, 0.2) is 12.4 Å². The highest BCUT2D eigenvalue weighted by atomic mass is 16.5. The van der Waals surface area contributed by atoms with Crippen molar-refractivity contribution >= 4 is 11.7 Å². The number of amidine groups is 1. The van der Waals surface area contributed by atoms with Crippen molar-refractivity contribution in [2.24, 2.45) is 10.9 Å². The second kappa shape index (κ2) is 8.11. The second-order valence-corrected chi connectivity index (χ2v) is 5.00. The molecule has 7 nitrogen and oxygen atoms in total. The number of hydrogen-bond acceptors (Lipinski definition) is 5. The first kappa shape index (κ1) is 16.8. The summed E-state index contributed by atoms with van der Waals surface area (Å²) in [6.45, 7) is 2.53. The van der Waals surface area contributed by atoms with Crippen molar-refractivity contribution in [2.75, 3.05) is 27.2 Å². The normalized spacial score (nSPS) is 13.0. The van der Waals surface area contributed by atoms with Crippen LogP contribution < -0.4 is 15.8 Å². The maximum Gasteiger partial charge on any atom is 0.258 e. The van der Waals surface area contributed by atoms with E-state index in [1.54, 1.807) is 24.3 Å². The molecule has 0 heterocycles. The van der Waals surface area contributed by atoms with Crippen molar-refractivity contribution < 1.29 is 14.7 Å². The van der Waals surface area contributed by atoms with Crippen molar-refractivity contribution in [1.82, 2.24) is 10.2 Å². The standard InChI is InChI=1S/C14H22N4O3/c1-10(8-18(2)3)16-13(19)9-21-12-7-5-4-6-11(12)14(15)17-20/h4-7,10,20H,8-9H2,1-3H3,(H2,15,17)(H,16,19). The summed E-state index contributed by atoms with van der Waals surface area (Å²) < 4.78 is 5.43. The summed E-state index contributed by atoms with van der Waals surface area (Å²) >= 11 is 0. The number of carbonyl (C=O) groups excluding carboxylic acids is 1. The molecule has 0 bridgehead atoms. The first-order valence-corrected chi connectivity index (χ1v) is 6.58. The molecule has 0 fully saturated rings. The Hall–Kier alpha value is -2.28. The van der Waals surface area contributed by atoms with E-state index in [4.69, 9.17) is 15.7 Å². The average Bonchev–Trinajstić information content (AvgIpc) is 2.43. The van der Waals surface area contributed by atoms with Gasteiger partial charge in [-0.05, 0) is 33.2 Å². The van der Waals surface area contributed by atoms with Gasteiger partial charge >= 0.3 is 0 Å². The molecule has 7 heteroatoms. The van der Waals surface area contributed by atoms with Gasteiger partial charge in [0.2, 0.25) is 0 Å². The molecule has 116 valence electrons. The van der Waals surface area contributed by atoms with Gasteiger partial charge in [-0.3, -0.25) is 4.79 Å². The molecule has 0 spiro atoms. The van der Waals surface area contributed by atoms with Crippen LogP contribution in [-0.4, -0.2) is 55.1 Å². The maximum atomic E-state index is 11.8. The number of nitrogens with zero attached hydrogens (tertiary/aromatic N) is 2. The fourth-order valence-corrected chi connectivity index (χ4v) is 1.91. The van der Waals surface area contributed by atoms with Gasteiger partial charge in [-0.1, -0.05) is 17.3 Å². The summed E-state index contributed by atoms with van der Waals surface area (Å²) in [6.07, 6.45) is 0. The fraction of sp³-hybridized carbons (Fsp3) is 0.429. The summed E-state index contributed by atoms with van der Waals surface area (Å²) in [6, 6.07) is 6.81. The van der Waals surface area contributed by atoms with Crippen LogP contribution in [0.5, 0.6) is 5.75 Å². The van der Waals surface area contributed by atoms with Gasteiger partial charge in [-0.15, -0.1) is 0 Å². The predicted octanol–water partition coefficient (Wildman–Crippen LogP) is 0.226. The van der Waals surface area contributed by atoms with Crippen LogP contribution in [0.3, 0.4) is 0 Å². The van der Waals surface area contributed by atoms with Crippen molar-refractivity contribution in [1.29, 1.82) is 0 Å². The Labute approximate surface area is 124 Å². The zero-order valence-electron chi connectivity index (χ0n) is 12.5. The Bertz CT molecular complexity index is 503. The van der Waals surface area contributed by atoms with Crippen LogP contribution in [0.15, 0.2) is 29.4 Å². The minimum atomic E-state index is -0.223. The zero-order valence-corrected chi connectivity index (χ0v) is 12.5. The Balaban J connectivity index is 2.58. The number of carbonyl (C=O) groups is 1. The highest BCUT2D eigenvalue weighted by molar-refractivity contribution is 5.99. The van der Waals surface area contributed by atoms with Gasteiger partial charge in [0.1, 0.15) is 5.75 Å². The average molecular weight is 294 g/mol. The molecule has 0 saturated carbocycles. The number of nitrogens with one attached hydrogen (secondary N) is 1. The number of nitrogens with two attached hydrogens (primary N) is 1. The van der Waals surface area contributed by atoms with E-state index in [1.165, 1.54) is 0 Å². The minimum Gasteiger partial charge on any atom is -0.483 e. The lowest BCUT2D eigenvalue weighted by Crippen LogP contribution is -2.41. The highest BCUT2D eigenvalue weighted by Gasteiger charge is 2.11. The van der Waals surface area contributed by atoms with Crippen molar-refractivity contribution in [3.63, 3.8) is 0 Å². The van der Waals surface area contributed by atoms with E-state index >= 15 is 0 Å². The molecule has 1 aromatic rings. The number of ether oxygens (including phenoxy) is 1. The van der Waals surface area contributed by atoms with E-state index in [0.717, 1.165) is 6.54 Å². The smallest absolute Gasteiger partial charge is 0.258 e. The van der Waals surface area contributed by atoms with Gasteiger partial charge in [0.25, 0.3) is 5.91 Å². The van der Waals surface area contributed by atoms with Gasteiger partial charge in [0, 0.05) is 12.6 Å². The Morgan fingerprint density at radius 2 is 2.14 bits per heavy atom. The minimum absolute atomic E-state index is 0.0235. The number of likely N-dealkylation sites (N-methyl/N-ethyl adjacent to an activating group) is 1. The van der Waals surface area contributed by atoms with Crippen LogP contribution in [0.25, 0.3) is 0 Å². The molecule has 0 aromatic heterocycles. The lowest BCUT2D eigenvalue weighted by atomic mass is 10.2. The monoisotopic (exact) mass is 294 g/mol. The number of benzene rings is 1. The quantitative estimate of drug-likeness (QED) is 0.289. The van der Waals surface area contributed by atoms with Crippen LogP contribution >= 0.6 is 0 Å². The Kier molecular flexibility index (Phi) is 6.48. The third kappa shape index (κ3) is 5.70. The molecule has 0 radical (unpaired) electrons. The van der Waals surface area contributed by atoms with E-state index in [1.807, 2.05) is 25.9 Å². The van der Waals surface area contributed by atoms with Gasteiger partial charge in [-0.25, -0.2) is 0 Å². The molecule has 0 aliphatic heterocycles. The van der Waals surface area contributed by atoms with Crippen LogP contribution in [0.1, 0.15) is 12.5 Å². The summed E-state index contributed by atoms with van der Waals surface area (Å²) in [5, 5.41) is 14.5. The fourth-order valence-electron chi connectivity index (χ4n) is 1.91. The van der Waals surface area contributed by atoms with Crippen LogP contribution in [0.2, 0.25) is 0 Å². The molecule has 1 rings (SSSR count). The molecule has 0 saturated heterocycles. The van der Waals surface area contributed by atoms with Crippen molar-refractivity contribution in [3.05, 3.63) is 29.8 Å². The molecular weight excluding hydrogens is 272 g/mol. The van der Waals surface area contributed by atoms with E-state index < -0.39 is 0 Å². The number of oxime groups is 1. The summed E-state index contributed by atoms with van der Waals surface area (Å²) in [4.78, 5) is 13.8. The van der Waals surface area contributed by atoms with Gasteiger partial charge in [-0.2, -0.15) is 0 Å². The number of para-hydroxylation sites is 1. The molecule has 1 amide bonds. The third-order valence-electron chi connectivity index (χ3n) is 2.68. The molecule has 1 atom stereocenters. The number of rotatable bonds is 7. The number of amides is 1. The number of hydrogen-bond donors (Lipinski definition) is 3. The van der Waals surface area contributed by atoms with E-state index in [-0.39, 0.29) is 24.4 Å². The lowest BCUT2D eigenvalue weighted by molar-refractivity contribution is -0.123. The van der Waals surface area contributed by atoms with Crippen molar-refractivity contribution in [3.8, 4) is 5.75 Å². The lowest BCUT2D eigenvalue weighted by Gasteiger charge is -2.18. The van der Waals surface area contributed by atoms with Crippen molar-refractivity contribution in [2.45, 2.75) is 13.0 Å². The first-order chi connectivity index (χ1) is 9.93. The molecule has 1 unspecified atom stereocenters. The molecular formula is C14H22N4O3. The van der Waals surface area contributed by atoms with E-state index in [9.17, 15) is 4.79 Å². The SMILES string of the molecule is CC(CN(C)C)NC(=O)COc1ccccc1/C(N)=N/O. The molecule has 0 aliphatic carbocycles. The third-order valence-corrected chi connectivity index (χ3v) is 2.68. The predicted molar refractivity (Wildman–Crippen MR) is 80.6 cm³/mol. The van der Waals surface area contributed by atoms with Crippen LogP contribution in [0.4, 0.5) is 0 Å². The first-order valence-electron chi connectivity index (χ1n) is 6.58. The molecule has 0 aliphatic rings. The van der Waals surface area contributed by atoms with Gasteiger partial charge in [0.05, 0.1) is 5.56 Å². The molecule has 21 heavy (non-hydrogen) atoms. The second-order valence-electron chi connectivity index (χ2n) is 5.00. The molecule has 4 N–H and O–H groups in total. The largest absolute Gasteiger partial charge is 0.483 e. The van der Waals surface area contributed by atoms with Crippen LogP contribution in [0, 0.1) is 0 Å². The zero-order chi connectivity index (χ0) is 15.8. The van der Waals surface area contributed by atoms with E-state index in [2.05, 4.69) is 10.5 Å². The highest BCUT2D eigenvalue weighted by Crippen LogP contribution is 2.17.